The first kappa shape index (κ1) is 9.13. The first-order valence-corrected chi connectivity index (χ1v) is 4.69. The summed E-state index contributed by atoms with van der Waals surface area (Å²) in [5.74, 6) is -0.0569. The molecule has 2 nitrogen and oxygen atoms in total. The fourth-order valence-corrected chi connectivity index (χ4v) is 2.08. The number of nitrogens with one attached hydrogen (secondary N) is 1. The van der Waals surface area contributed by atoms with Crippen LogP contribution in [-0.2, 0) is 0 Å². The van der Waals surface area contributed by atoms with E-state index < -0.39 is 0 Å². The maximum atomic E-state index is 11.3. The SMILES string of the molecule is O=C1CNc2c(Cl)c(Cl)cc(Cl)c21. The molecule has 0 fully saturated rings. The van der Waals surface area contributed by atoms with Crippen molar-refractivity contribution in [1.82, 2.24) is 0 Å². The van der Waals surface area contributed by atoms with Gasteiger partial charge in [0.05, 0.1) is 32.9 Å². The molecule has 0 saturated heterocycles. The molecule has 1 heterocycles. The van der Waals surface area contributed by atoms with Gasteiger partial charge < -0.3 is 5.32 Å². The Morgan fingerprint density at radius 1 is 1.23 bits per heavy atom. The second kappa shape index (κ2) is 3.05. The zero-order valence-electron chi connectivity index (χ0n) is 6.33. The average Bonchev–Trinajstić information content (AvgIpc) is 2.44. The summed E-state index contributed by atoms with van der Waals surface area (Å²) in [5.41, 5.74) is 0.986. The van der Waals surface area contributed by atoms with Crippen molar-refractivity contribution < 1.29 is 4.79 Å². The van der Waals surface area contributed by atoms with Gasteiger partial charge in [0.1, 0.15) is 0 Å². The van der Waals surface area contributed by atoms with E-state index in [9.17, 15) is 4.79 Å². The second-order valence-electron chi connectivity index (χ2n) is 2.68. The minimum atomic E-state index is -0.0569. The summed E-state index contributed by atoms with van der Waals surface area (Å²) >= 11 is 17.5. The molecule has 2 rings (SSSR count). The van der Waals surface area contributed by atoms with Gasteiger partial charge in [0.25, 0.3) is 0 Å². The monoisotopic (exact) mass is 235 g/mol. The maximum absolute atomic E-state index is 11.3. The lowest BCUT2D eigenvalue weighted by atomic mass is 10.1. The lowest BCUT2D eigenvalue weighted by molar-refractivity contribution is 0.101. The topological polar surface area (TPSA) is 29.1 Å². The highest BCUT2D eigenvalue weighted by atomic mass is 35.5. The number of fused-ring (bicyclic) bond motifs is 1. The van der Waals surface area contributed by atoms with Crippen molar-refractivity contribution >= 4 is 46.3 Å². The number of halogens is 3. The summed E-state index contributed by atoms with van der Waals surface area (Å²) in [6.07, 6.45) is 0. The van der Waals surface area contributed by atoms with E-state index >= 15 is 0 Å². The number of benzene rings is 1. The molecular weight excluding hydrogens is 232 g/mol. The van der Waals surface area contributed by atoms with Gasteiger partial charge in [-0.15, -0.1) is 0 Å². The second-order valence-corrected chi connectivity index (χ2v) is 3.87. The summed E-state index contributed by atoms with van der Waals surface area (Å²) in [6, 6.07) is 1.48. The molecule has 0 saturated carbocycles. The molecule has 13 heavy (non-hydrogen) atoms. The molecule has 68 valence electrons. The number of Topliss-reactive ketones (excluding diaryl/α,β-unsaturated/α-hetero) is 1. The zero-order chi connectivity index (χ0) is 9.59. The maximum Gasteiger partial charge on any atom is 0.185 e. The number of hydrogen-bond acceptors (Lipinski definition) is 2. The molecule has 5 heteroatoms. The van der Waals surface area contributed by atoms with Crippen LogP contribution in [0.25, 0.3) is 0 Å². The third-order valence-electron chi connectivity index (χ3n) is 1.88. The van der Waals surface area contributed by atoms with Gasteiger partial charge >= 0.3 is 0 Å². The standard InChI is InChI=1S/C8H4Cl3NO/c9-3-1-4(10)7(11)8-6(3)5(13)2-12-8/h1,12H,2H2. The molecule has 0 aliphatic carbocycles. The van der Waals surface area contributed by atoms with Crippen LogP contribution in [0.15, 0.2) is 6.07 Å². The summed E-state index contributed by atoms with van der Waals surface area (Å²) < 4.78 is 0. The molecule has 0 amide bonds. The Morgan fingerprint density at radius 3 is 2.62 bits per heavy atom. The van der Waals surface area contributed by atoms with E-state index in [1.165, 1.54) is 6.07 Å². The Morgan fingerprint density at radius 2 is 1.92 bits per heavy atom. The van der Waals surface area contributed by atoms with E-state index in [0.717, 1.165) is 0 Å². The van der Waals surface area contributed by atoms with Crippen molar-refractivity contribution in [2.24, 2.45) is 0 Å². The molecule has 0 atom stereocenters. The van der Waals surface area contributed by atoms with Crippen molar-refractivity contribution in [3.63, 3.8) is 0 Å². The normalized spacial score (nSPS) is 14.2. The van der Waals surface area contributed by atoms with Crippen molar-refractivity contribution in [2.75, 3.05) is 11.9 Å². The molecule has 1 aliphatic rings. The van der Waals surface area contributed by atoms with Crippen LogP contribution in [0.3, 0.4) is 0 Å². The highest BCUT2D eigenvalue weighted by Crippen LogP contribution is 2.40. The van der Waals surface area contributed by atoms with Crippen LogP contribution in [0.5, 0.6) is 0 Å². The van der Waals surface area contributed by atoms with Gasteiger partial charge in [-0.05, 0) is 6.07 Å². The third-order valence-corrected chi connectivity index (χ3v) is 2.96. The highest BCUT2D eigenvalue weighted by Gasteiger charge is 2.25. The van der Waals surface area contributed by atoms with Crippen LogP contribution in [0.1, 0.15) is 10.4 Å². The quantitative estimate of drug-likeness (QED) is 0.701. The Labute approximate surface area is 89.8 Å². The fraction of sp³-hybridized carbons (Fsp3) is 0.125. The minimum Gasteiger partial charge on any atom is -0.376 e. The van der Waals surface area contributed by atoms with Gasteiger partial charge in [0.2, 0.25) is 0 Å². The largest absolute Gasteiger partial charge is 0.376 e. The molecular formula is C8H4Cl3NO. The van der Waals surface area contributed by atoms with E-state index in [0.29, 0.717) is 26.3 Å². The predicted octanol–water partition coefficient (Wildman–Crippen LogP) is 3.26. The van der Waals surface area contributed by atoms with E-state index in [4.69, 9.17) is 34.8 Å². The molecule has 0 spiro atoms. The van der Waals surface area contributed by atoms with Gasteiger partial charge in [-0.25, -0.2) is 0 Å². The van der Waals surface area contributed by atoms with Gasteiger partial charge in [-0.2, -0.15) is 0 Å². The van der Waals surface area contributed by atoms with E-state index in [2.05, 4.69) is 5.32 Å². The number of rotatable bonds is 0. The van der Waals surface area contributed by atoms with Crippen molar-refractivity contribution in [3.05, 3.63) is 26.7 Å². The van der Waals surface area contributed by atoms with E-state index in [-0.39, 0.29) is 12.3 Å². The highest BCUT2D eigenvalue weighted by molar-refractivity contribution is 6.47. The number of carbonyl (C=O) groups excluding carboxylic acids is 1. The first-order valence-electron chi connectivity index (χ1n) is 3.56. The molecule has 1 aromatic rings. The molecule has 1 aliphatic heterocycles. The minimum absolute atomic E-state index is 0.0569. The summed E-state index contributed by atoms with van der Waals surface area (Å²) in [6.45, 7) is 0.231. The Bertz CT molecular complexity index is 403. The Hall–Kier alpha value is -0.440. The molecule has 0 unspecified atom stereocenters. The van der Waals surface area contributed by atoms with E-state index in [1.54, 1.807) is 0 Å². The third kappa shape index (κ3) is 1.30. The number of ketones is 1. The zero-order valence-corrected chi connectivity index (χ0v) is 8.59. The Balaban J connectivity index is 2.76. The van der Waals surface area contributed by atoms with Crippen LogP contribution in [0.2, 0.25) is 15.1 Å². The lowest BCUT2D eigenvalue weighted by Crippen LogP contribution is -2.00. The molecule has 0 radical (unpaired) electrons. The smallest absolute Gasteiger partial charge is 0.185 e. The van der Waals surface area contributed by atoms with Crippen LogP contribution in [-0.4, -0.2) is 12.3 Å². The Kier molecular flexibility index (Phi) is 2.14. The van der Waals surface area contributed by atoms with Crippen molar-refractivity contribution in [1.29, 1.82) is 0 Å². The van der Waals surface area contributed by atoms with Gasteiger partial charge in [-0.1, -0.05) is 34.8 Å². The van der Waals surface area contributed by atoms with Gasteiger partial charge in [0, 0.05) is 0 Å². The summed E-state index contributed by atoms with van der Waals surface area (Å²) in [4.78, 5) is 11.3. The predicted molar refractivity (Wildman–Crippen MR) is 54.3 cm³/mol. The number of carbonyl (C=O) groups is 1. The van der Waals surface area contributed by atoms with Gasteiger partial charge in [0.15, 0.2) is 5.78 Å². The molecule has 1 aromatic carbocycles. The van der Waals surface area contributed by atoms with Crippen molar-refractivity contribution in [2.45, 2.75) is 0 Å². The van der Waals surface area contributed by atoms with Crippen LogP contribution in [0, 0.1) is 0 Å². The average molecular weight is 236 g/mol. The molecule has 1 N–H and O–H groups in total. The first-order chi connectivity index (χ1) is 6.11. The molecule has 0 aromatic heterocycles. The van der Waals surface area contributed by atoms with Crippen LogP contribution < -0.4 is 5.32 Å². The molecule has 0 bridgehead atoms. The fourth-order valence-electron chi connectivity index (χ4n) is 1.29. The van der Waals surface area contributed by atoms with Crippen molar-refractivity contribution in [3.8, 4) is 0 Å². The summed E-state index contributed by atoms with van der Waals surface area (Å²) in [7, 11) is 0. The van der Waals surface area contributed by atoms with Crippen LogP contribution in [0.4, 0.5) is 5.69 Å². The van der Waals surface area contributed by atoms with Crippen LogP contribution >= 0.6 is 34.8 Å². The summed E-state index contributed by atoms with van der Waals surface area (Å²) in [5, 5.41) is 3.90. The van der Waals surface area contributed by atoms with Gasteiger partial charge in [-0.3, -0.25) is 4.79 Å². The number of anilines is 1. The lowest BCUT2D eigenvalue weighted by Gasteiger charge is -2.04. The number of hydrogen-bond donors (Lipinski definition) is 1. The van der Waals surface area contributed by atoms with E-state index in [1.807, 2.05) is 0 Å².